The second kappa shape index (κ2) is 23.3. The summed E-state index contributed by atoms with van der Waals surface area (Å²) in [5.41, 5.74) is 1.04. The molecule has 0 aromatic carbocycles. The van der Waals surface area contributed by atoms with Gasteiger partial charge < -0.3 is 9.47 Å². The van der Waals surface area contributed by atoms with Crippen molar-refractivity contribution in [1.29, 1.82) is 0 Å². The molecule has 0 aliphatic carbocycles. The molecular weight excluding hydrogens is 388 g/mol. The largest absolute Gasteiger partial charge is 0.466 e. The third-order valence-corrected chi connectivity index (χ3v) is 5.56. The Hall–Kier alpha value is -1.32. The molecule has 0 N–H and O–H groups in total. The number of esters is 2. The monoisotopic (exact) mass is 438 g/mol. The van der Waals surface area contributed by atoms with Gasteiger partial charge in [-0.05, 0) is 26.2 Å². The van der Waals surface area contributed by atoms with Crippen molar-refractivity contribution < 1.29 is 19.1 Å². The van der Waals surface area contributed by atoms with Crippen LogP contribution in [0.3, 0.4) is 0 Å². The van der Waals surface area contributed by atoms with Crippen molar-refractivity contribution in [2.24, 2.45) is 0 Å². The van der Waals surface area contributed by atoms with Crippen LogP contribution in [0, 0.1) is 0 Å². The van der Waals surface area contributed by atoms with Crippen molar-refractivity contribution >= 4 is 11.9 Å². The summed E-state index contributed by atoms with van der Waals surface area (Å²) in [6.07, 6.45) is 20.8. The molecule has 0 spiro atoms. The maximum absolute atomic E-state index is 11.8. The second-order valence-electron chi connectivity index (χ2n) is 8.95. The molecular formula is C27H50O4. The van der Waals surface area contributed by atoms with Crippen molar-refractivity contribution in [3.63, 3.8) is 0 Å². The lowest BCUT2D eigenvalue weighted by molar-refractivity contribution is -0.144. The fraction of sp³-hybridized carbons (Fsp3) is 0.852. The van der Waals surface area contributed by atoms with Crippen LogP contribution in [0.15, 0.2) is 12.2 Å². The van der Waals surface area contributed by atoms with Gasteiger partial charge in [-0.3, -0.25) is 9.59 Å². The molecule has 4 heteroatoms. The van der Waals surface area contributed by atoms with Crippen molar-refractivity contribution in [1.82, 2.24) is 0 Å². The molecule has 0 aromatic heterocycles. The minimum Gasteiger partial charge on any atom is -0.466 e. The van der Waals surface area contributed by atoms with Gasteiger partial charge in [0.15, 0.2) is 0 Å². The Morgan fingerprint density at radius 3 is 1.39 bits per heavy atom. The van der Waals surface area contributed by atoms with E-state index in [4.69, 9.17) is 9.47 Å². The lowest BCUT2D eigenvalue weighted by atomic mass is 10.1. The van der Waals surface area contributed by atoms with Crippen molar-refractivity contribution in [3.05, 3.63) is 12.2 Å². The summed E-state index contributed by atoms with van der Waals surface area (Å²) in [4.78, 5) is 23.3. The Balaban J connectivity index is 3.26. The highest BCUT2D eigenvalue weighted by atomic mass is 16.5. The zero-order chi connectivity index (χ0) is 23.0. The summed E-state index contributed by atoms with van der Waals surface area (Å²) in [5.74, 6) is -0.153. The van der Waals surface area contributed by atoms with E-state index in [1.165, 1.54) is 57.8 Å². The molecule has 31 heavy (non-hydrogen) atoms. The van der Waals surface area contributed by atoms with Crippen LogP contribution in [0.25, 0.3) is 0 Å². The van der Waals surface area contributed by atoms with Gasteiger partial charge in [-0.15, -0.1) is 6.58 Å². The molecule has 0 aliphatic rings. The molecule has 0 heterocycles. The molecule has 0 fully saturated rings. The van der Waals surface area contributed by atoms with E-state index >= 15 is 0 Å². The number of carbonyl (C=O) groups excluding carboxylic acids is 2. The number of ether oxygens (including phenoxy) is 2. The Labute approximate surface area is 192 Å². The number of hydrogen-bond donors (Lipinski definition) is 0. The molecule has 0 atom stereocenters. The normalized spacial score (nSPS) is 10.8. The fourth-order valence-electron chi connectivity index (χ4n) is 3.50. The van der Waals surface area contributed by atoms with Gasteiger partial charge in [0.2, 0.25) is 0 Å². The summed E-state index contributed by atoms with van der Waals surface area (Å²) < 4.78 is 10.5. The molecule has 0 unspecified atom stereocenters. The maximum atomic E-state index is 11.8. The van der Waals surface area contributed by atoms with E-state index in [1.807, 2.05) is 6.92 Å². The number of carbonyl (C=O) groups is 2. The molecule has 0 bridgehead atoms. The van der Waals surface area contributed by atoms with Crippen LogP contribution in [0.1, 0.15) is 136 Å². The Morgan fingerprint density at radius 1 is 0.548 bits per heavy atom. The quantitative estimate of drug-likeness (QED) is 0.0919. The van der Waals surface area contributed by atoms with Crippen molar-refractivity contribution in [3.8, 4) is 0 Å². The highest BCUT2D eigenvalue weighted by Gasteiger charge is 2.04. The standard InChI is InChI=1S/C27H50O4/c1-4-5-6-7-8-9-10-13-16-19-23-30-26(28)20-17-14-11-12-15-18-21-27(29)31-24-22-25(2)3/h2,4-24H2,1,3H3. The summed E-state index contributed by atoms with van der Waals surface area (Å²) in [7, 11) is 0. The topological polar surface area (TPSA) is 52.6 Å². The van der Waals surface area contributed by atoms with E-state index in [0.717, 1.165) is 56.9 Å². The van der Waals surface area contributed by atoms with Crippen LogP contribution in [-0.4, -0.2) is 25.2 Å². The first kappa shape index (κ1) is 29.7. The van der Waals surface area contributed by atoms with Gasteiger partial charge in [-0.1, -0.05) is 96.0 Å². The highest BCUT2D eigenvalue weighted by Crippen LogP contribution is 2.12. The summed E-state index contributed by atoms with van der Waals surface area (Å²) >= 11 is 0. The molecule has 182 valence electrons. The average molecular weight is 439 g/mol. The Bertz CT molecular complexity index is 445. The Kier molecular flexibility index (Phi) is 22.4. The molecule has 0 radical (unpaired) electrons. The first-order chi connectivity index (χ1) is 15.1. The van der Waals surface area contributed by atoms with Gasteiger partial charge in [-0.2, -0.15) is 0 Å². The first-order valence-corrected chi connectivity index (χ1v) is 13.0. The van der Waals surface area contributed by atoms with Crippen molar-refractivity contribution in [2.45, 2.75) is 136 Å². The number of rotatable bonds is 23. The molecule has 0 rings (SSSR count). The van der Waals surface area contributed by atoms with E-state index in [1.54, 1.807) is 0 Å². The van der Waals surface area contributed by atoms with E-state index in [-0.39, 0.29) is 11.9 Å². The van der Waals surface area contributed by atoms with Gasteiger partial charge >= 0.3 is 11.9 Å². The fourth-order valence-corrected chi connectivity index (χ4v) is 3.50. The minimum atomic E-state index is -0.105. The Morgan fingerprint density at radius 2 is 0.935 bits per heavy atom. The van der Waals surface area contributed by atoms with Crippen LogP contribution in [0.2, 0.25) is 0 Å². The maximum Gasteiger partial charge on any atom is 0.305 e. The van der Waals surface area contributed by atoms with E-state index < -0.39 is 0 Å². The minimum absolute atomic E-state index is 0.0477. The first-order valence-electron chi connectivity index (χ1n) is 13.0. The van der Waals surface area contributed by atoms with Crippen molar-refractivity contribution in [2.75, 3.05) is 13.2 Å². The third kappa shape index (κ3) is 24.8. The predicted molar refractivity (Wildman–Crippen MR) is 130 cm³/mol. The molecule has 0 aromatic rings. The molecule has 0 amide bonds. The van der Waals surface area contributed by atoms with Crippen LogP contribution in [0.5, 0.6) is 0 Å². The van der Waals surface area contributed by atoms with Gasteiger partial charge in [0, 0.05) is 19.3 Å². The summed E-state index contributed by atoms with van der Waals surface area (Å²) in [6, 6.07) is 0. The molecule has 0 saturated heterocycles. The van der Waals surface area contributed by atoms with Gasteiger partial charge in [0.25, 0.3) is 0 Å². The number of unbranched alkanes of at least 4 members (excludes halogenated alkanes) is 14. The lowest BCUT2D eigenvalue weighted by Crippen LogP contribution is -2.06. The smallest absolute Gasteiger partial charge is 0.305 e. The zero-order valence-electron chi connectivity index (χ0n) is 20.7. The zero-order valence-corrected chi connectivity index (χ0v) is 20.7. The van der Waals surface area contributed by atoms with E-state index in [2.05, 4.69) is 13.5 Å². The van der Waals surface area contributed by atoms with E-state index in [0.29, 0.717) is 26.1 Å². The van der Waals surface area contributed by atoms with Gasteiger partial charge in [0.05, 0.1) is 13.2 Å². The highest BCUT2D eigenvalue weighted by molar-refractivity contribution is 5.69. The van der Waals surface area contributed by atoms with Gasteiger partial charge in [0.1, 0.15) is 0 Å². The SMILES string of the molecule is C=C(C)CCOC(=O)CCCCCCCCC(=O)OCCCCCCCCCCCC. The summed E-state index contributed by atoms with van der Waals surface area (Å²) in [6.45, 7) is 9.01. The van der Waals surface area contributed by atoms with Gasteiger partial charge in [-0.25, -0.2) is 0 Å². The van der Waals surface area contributed by atoms with Crippen LogP contribution in [0.4, 0.5) is 0 Å². The van der Waals surface area contributed by atoms with Crippen LogP contribution in [-0.2, 0) is 19.1 Å². The average Bonchev–Trinajstić information content (AvgIpc) is 2.73. The molecule has 0 aliphatic heterocycles. The second-order valence-corrected chi connectivity index (χ2v) is 8.95. The molecule has 0 saturated carbocycles. The van der Waals surface area contributed by atoms with Crippen LogP contribution < -0.4 is 0 Å². The molecule has 4 nitrogen and oxygen atoms in total. The third-order valence-electron chi connectivity index (χ3n) is 5.56. The lowest BCUT2D eigenvalue weighted by Gasteiger charge is -2.06. The number of hydrogen-bond acceptors (Lipinski definition) is 4. The predicted octanol–water partition coefficient (Wildman–Crippen LogP) is 8.08. The van der Waals surface area contributed by atoms with Crippen LogP contribution >= 0.6 is 0 Å². The van der Waals surface area contributed by atoms with E-state index in [9.17, 15) is 9.59 Å². The summed E-state index contributed by atoms with van der Waals surface area (Å²) in [5, 5.41) is 0.